The third-order valence-corrected chi connectivity index (χ3v) is 7.17. The van der Waals surface area contributed by atoms with Crippen LogP contribution in [0.5, 0.6) is 0 Å². The molecule has 0 fully saturated rings. The second kappa shape index (κ2) is 73.3. The zero-order valence-electron chi connectivity index (χ0n) is 43.2. The van der Waals surface area contributed by atoms with Crippen molar-refractivity contribution in [1.29, 1.82) is 21.0 Å². The van der Waals surface area contributed by atoms with Crippen LogP contribution in [-0.2, 0) is 71.1 Å². The van der Waals surface area contributed by atoms with Crippen LogP contribution in [0.1, 0.15) is 40.5 Å². The van der Waals surface area contributed by atoms with E-state index in [9.17, 15) is 0 Å². The summed E-state index contributed by atoms with van der Waals surface area (Å²) < 4.78 is 76.5. The zero-order valence-corrected chi connectivity index (χ0v) is 43.2. The van der Waals surface area contributed by atoms with Gasteiger partial charge in [-0.1, -0.05) is 6.92 Å². The van der Waals surface area contributed by atoms with Gasteiger partial charge in [0.2, 0.25) is 13.1 Å². The van der Waals surface area contributed by atoms with Crippen LogP contribution >= 0.6 is 0 Å². The highest BCUT2D eigenvalue weighted by Gasteiger charge is 2.14. The molecule has 0 aliphatic carbocycles. The lowest BCUT2D eigenvalue weighted by atomic mass is 10.2. The SMILES string of the molecule is [C-]#[N+]CCOC(COCC)COC[N+]#[C-].[C-]#[N+]CCOC(COCCC)COCCC#N.[C-]#[N+]COC(OCC#N)OCC#N.[C-]#[N+]COCC(COCC)COCC#N.[C-]#[N+]COCC(COCC)OC[N+]#[C-]. The van der Waals surface area contributed by atoms with Crippen LogP contribution in [0.25, 0.3) is 33.9 Å². The maximum absolute atomic E-state index is 8.36. The molecule has 0 radical (unpaired) electrons. The fourth-order valence-corrected chi connectivity index (χ4v) is 4.17. The van der Waals surface area contributed by atoms with Gasteiger partial charge in [-0.15, -0.1) is 0 Å². The number of nitrogens with zero attached hydrogens (tertiary/aromatic N) is 11. The molecular formula is C48H73N11O15. The maximum Gasteiger partial charge on any atom is 0.322 e. The van der Waals surface area contributed by atoms with E-state index in [4.69, 9.17) is 138 Å². The molecule has 26 nitrogen and oxygen atoms in total. The van der Waals surface area contributed by atoms with Gasteiger partial charge in [-0.25, -0.2) is 46.0 Å². The topological polar surface area (TPSA) is 264 Å². The highest BCUT2D eigenvalue weighted by Crippen LogP contribution is 2.02. The van der Waals surface area contributed by atoms with Crippen molar-refractivity contribution in [2.24, 2.45) is 5.92 Å². The maximum atomic E-state index is 8.36. The fraction of sp³-hybridized carbons (Fsp3) is 0.771. The number of nitriles is 4. The molecule has 0 saturated heterocycles. The Kier molecular flexibility index (Phi) is 76.0. The molecule has 74 heavy (non-hydrogen) atoms. The minimum atomic E-state index is -1.12. The number of hydrogen-bond donors (Lipinski definition) is 0. The second-order valence-electron chi connectivity index (χ2n) is 13.1. The van der Waals surface area contributed by atoms with Crippen LogP contribution in [0.3, 0.4) is 0 Å². The number of hydrogen-bond acceptors (Lipinski definition) is 19. The van der Waals surface area contributed by atoms with Gasteiger partial charge in [0.15, 0.2) is 0 Å². The molecule has 0 spiro atoms. The van der Waals surface area contributed by atoms with Crippen LogP contribution in [-0.4, -0.2) is 197 Å². The van der Waals surface area contributed by atoms with Gasteiger partial charge in [0.25, 0.3) is 6.48 Å². The smallest absolute Gasteiger partial charge is 0.322 e. The largest absolute Gasteiger partial charge is 0.381 e. The summed E-state index contributed by atoms with van der Waals surface area (Å²) in [6, 6.07) is 7.32. The molecule has 0 rings (SSSR count). The molecule has 410 valence electrons. The molecule has 4 unspecified atom stereocenters. The Morgan fingerprint density at radius 3 is 1.15 bits per heavy atom. The molecule has 0 N–H and O–H groups in total. The summed E-state index contributed by atoms with van der Waals surface area (Å²) in [5.41, 5.74) is 0. The lowest BCUT2D eigenvalue weighted by Crippen LogP contribution is -2.27. The fourth-order valence-electron chi connectivity index (χ4n) is 4.17. The summed E-state index contributed by atoms with van der Waals surface area (Å²) in [5.74, 6) is 0.0834. The minimum Gasteiger partial charge on any atom is -0.381 e. The molecule has 0 aliphatic rings. The van der Waals surface area contributed by atoms with Gasteiger partial charge in [-0.3, -0.25) is 29.0 Å². The molecule has 0 aromatic heterocycles. The summed E-state index contributed by atoms with van der Waals surface area (Å²) in [7, 11) is 0. The second-order valence-corrected chi connectivity index (χ2v) is 13.1. The van der Waals surface area contributed by atoms with Gasteiger partial charge >= 0.3 is 33.7 Å². The van der Waals surface area contributed by atoms with Crippen molar-refractivity contribution in [2.45, 2.75) is 65.3 Å². The highest BCUT2D eigenvalue weighted by atomic mass is 16.8. The van der Waals surface area contributed by atoms with Gasteiger partial charge in [-0.2, -0.15) is 21.0 Å². The lowest BCUT2D eigenvalue weighted by Gasteiger charge is -2.16. The summed E-state index contributed by atoms with van der Waals surface area (Å²) in [4.78, 5) is 21.5. The normalized spacial score (nSPS) is 11.2. The Morgan fingerprint density at radius 1 is 0.351 bits per heavy atom. The summed E-state index contributed by atoms with van der Waals surface area (Å²) in [6.07, 6.45) is 0.746. The monoisotopic (exact) mass is 1040 g/mol. The molecule has 0 saturated carbocycles. The zero-order chi connectivity index (χ0) is 56.1. The predicted octanol–water partition coefficient (Wildman–Crippen LogP) is 5.36. The van der Waals surface area contributed by atoms with Gasteiger partial charge in [-0.05, 0) is 27.2 Å². The molecule has 0 aromatic rings. The van der Waals surface area contributed by atoms with Crippen LogP contribution < -0.4 is 0 Å². The quantitative estimate of drug-likeness (QED) is 0.0422. The van der Waals surface area contributed by atoms with Gasteiger partial charge in [0, 0.05) is 32.3 Å². The van der Waals surface area contributed by atoms with Gasteiger partial charge in [0.1, 0.15) is 51.3 Å². The van der Waals surface area contributed by atoms with E-state index in [1.165, 1.54) is 0 Å². The molecule has 0 heterocycles. The van der Waals surface area contributed by atoms with E-state index in [0.717, 1.165) is 6.42 Å². The summed E-state index contributed by atoms with van der Waals surface area (Å²) in [5, 5.41) is 33.0. The van der Waals surface area contributed by atoms with Crippen LogP contribution in [0.4, 0.5) is 0 Å². The Bertz CT molecular complexity index is 1580. The first-order valence-corrected chi connectivity index (χ1v) is 22.9. The third kappa shape index (κ3) is 70.0. The van der Waals surface area contributed by atoms with Crippen molar-refractivity contribution in [1.82, 2.24) is 0 Å². The van der Waals surface area contributed by atoms with E-state index >= 15 is 0 Å². The van der Waals surface area contributed by atoms with Crippen LogP contribution in [0.2, 0.25) is 0 Å². The molecule has 26 heteroatoms. The average molecular weight is 1040 g/mol. The Labute approximate surface area is 438 Å². The first kappa shape index (κ1) is 76.7. The average Bonchev–Trinajstić information content (AvgIpc) is 3.41. The number of rotatable bonds is 43. The molecule has 0 bridgehead atoms. The number of ether oxygens (including phenoxy) is 15. The molecular weight excluding hydrogens is 971 g/mol. The van der Waals surface area contributed by atoms with Gasteiger partial charge in [0.05, 0.1) is 96.8 Å². The van der Waals surface area contributed by atoms with E-state index in [0.29, 0.717) is 119 Å². The first-order chi connectivity index (χ1) is 36.2. The predicted molar refractivity (Wildman–Crippen MR) is 262 cm³/mol. The molecule has 0 aromatic carbocycles. The highest BCUT2D eigenvalue weighted by molar-refractivity contribution is 4.70. The van der Waals surface area contributed by atoms with Crippen molar-refractivity contribution >= 4 is 0 Å². The first-order valence-electron chi connectivity index (χ1n) is 22.9. The standard InChI is InChI=1S/C12H20N2O3.2C10H16N2O3.C9H14N2O3.C7H7N3O3/c1-3-7-15-10-12(17-9-6-14-2)11-16-8-4-5-13;1-4-13-7-10(8-14-9-12-3)15-6-5-11-2;1-3-13-6-10(7-14-5-4-11)8-15-9-12-2;1-4-12-5-9(14-8-11-3)6-13-7-10-2;1-10-6-13-7(11-4-2-8)12-5-3-9/h12H,3-4,6-11H2,1H3;10H,4-9H2,1H3;10H,3,5-9H2,1H3;9H,4-8H2,1H3;7H,4-6H2. The Morgan fingerprint density at radius 2 is 0.730 bits per heavy atom. The van der Waals surface area contributed by atoms with E-state index < -0.39 is 6.48 Å². The van der Waals surface area contributed by atoms with E-state index in [-0.39, 0.29) is 84.3 Å². The third-order valence-electron chi connectivity index (χ3n) is 7.17. The van der Waals surface area contributed by atoms with E-state index in [1.807, 2.05) is 39.8 Å². The van der Waals surface area contributed by atoms with Crippen molar-refractivity contribution in [2.75, 3.05) is 172 Å². The molecule has 0 amide bonds. The Hall–Kier alpha value is -6.21. The van der Waals surface area contributed by atoms with E-state index in [2.05, 4.69) is 33.9 Å². The van der Waals surface area contributed by atoms with E-state index in [1.54, 1.807) is 12.1 Å². The van der Waals surface area contributed by atoms with Crippen LogP contribution in [0, 0.1) is 97.2 Å². The van der Waals surface area contributed by atoms with Crippen molar-refractivity contribution < 1.29 is 71.1 Å². The molecule has 0 aliphatic heterocycles. The summed E-state index contributed by atoms with van der Waals surface area (Å²) >= 11 is 0. The lowest BCUT2D eigenvalue weighted by molar-refractivity contribution is -0.273. The molecule has 4 atom stereocenters. The summed E-state index contributed by atoms with van der Waals surface area (Å²) in [6.45, 7) is 60.1. The van der Waals surface area contributed by atoms with Crippen molar-refractivity contribution in [3.05, 3.63) is 79.9 Å². The van der Waals surface area contributed by atoms with Crippen molar-refractivity contribution in [3.8, 4) is 24.3 Å². The van der Waals surface area contributed by atoms with Crippen LogP contribution in [0.15, 0.2) is 0 Å². The van der Waals surface area contributed by atoms with Gasteiger partial charge < -0.3 is 76.0 Å². The Balaban J connectivity index is -0.000000269. The minimum absolute atomic E-state index is 0.000874. The van der Waals surface area contributed by atoms with Crippen molar-refractivity contribution in [3.63, 3.8) is 0 Å².